The van der Waals surface area contributed by atoms with Gasteiger partial charge < -0.3 is 14.8 Å². The fourth-order valence-electron chi connectivity index (χ4n) is 3.11. The lowest BCUT2D eigenvalue weighted by Gasteiger charge is -2.26. The Hall–Kier alpha value is -2.56. The van der Waals surface area contributed by atoms with Gasteiger partial charge in [-0.05, 0) is 43.2 Å². The molecule has 1 aliphatic heterocycles. The second kappa shape index (κ2) is 10.2. The van der Waals surface area contributed by atoms with Crippen LogP contribution in [-0.2, 0) is 19.6 Å². The number of carbonyl (C=O) groups excluding carboxylic acids is 1. The van der Waals surface area contributed by atoms with Gasteiger partial charge in [0, 0.05) is 31.3 Å². The van der Waals surface area contributed by atoms with Gasteiger partial charge in [-0.1, -0.05) is 6.07 Å². The van der Waals surface area contributed by atoms with Crippen LogP contribution in [0.25, 0.3) is 0 Å². The van der Waals surface area contributed by atoms with Crippen LogP contribution in [0.3, 0.4) is 0 Å². The van der Waals surface area contributed by atoms with Crippen molar-refractivity contribution < 1.29 is 31.5 Å². The van der Waals surface area contributed by atoms with Crippen LogP contribution in [0, 0.1) is 18.6 Å². The first-order valence-electron chi connectivity index (χ1n) is 9.83. The Kier molecular flexibility index (Phi) is 7.58. The number of aryl methyl sites for hydroxylation is 1. The Balaban J connectivity index is 1.56. The van der Waals surface area contributed by atoms with Crippen molar-refractivity contribution >= 4 is 21.6 Å². The molecule has 0 unspecified atom stereocenters. The smallest absolute Gasteiger partial charge is 0.243 e. The summed E-state index contributed by atoms with van der Waals surface area (Å²) in [5.74, 6) is -1.92. The standard InChI is InChI=1S/C21H24F2N2O5S/c1-15-4-6-17(14-20(15)31(27,28)25-8-11-29-12-9-25)24-21(26)3-2-10-30-19-7-5-16(22)13-18(19)23/h4-7,13-14H,2-3,8-12H2,1H3,(H,24,26). The number of nitrogens with zero attached hydrogens (tertiary/aromatic N) is 1. The fraction of sp³-hybridized carbons (Fsp3) is 0.381. The maximum absolute atomic E-state index is 13.5. The summed E-state index contributed by atoms with van der Waals surface area (Å²) in [6.45, 7) is 3.03. The van der Waals surface area contributed by atoms with Gasteiger partial charge in [0.15, 0.2) is 11.6 Å². The van der Waals surface area contributed by atoms with Crippen LogP contribution in [0.4, 0.5) is 14.5 Å². The third-order valence-corrected chi connectivity index (χ3v) is 6.80. The molecule has 31 heavy (non-hydrogen) atoms. The molecule has 1 saturated heterocycles. The number of hydrogen-bond donors (Lipinski definition) is 1. The van der Waals surface area contributed by atoms with Crippen LogP contribution in [0.1, 0.15) is 18.4 Å². The number of nitrogens with one attached hydrogen (secondary N) is 1. The van der Waals surface area contributed by atoms with E-state index in [0.717, 1.165) is 12.1 Å². The molecule has 7 nitrogen and oxygen atoms in total. The number of anilines is 1. The maximum Gasteiger partial charge on any atom is 0.243 e. The molecule has 0 bridgehead atoms. The first kappa shape index (κ1) is 23.1. The van der Waals surface area contributed by atoms with E-state index in [2.05, 4.69) is 5.32 Å². The zero-order valence-electron chi connectivity index (χ0n) is 17.1. The topological polar surface area (TPSA) is 84.9 Å². The van der Waals surface area contributed by atoms with E-state index in [4.69, 9.17) is 9.47 Å². The molecule has 1 heterocycles. The van der Waals surface area contributed by atoms with E-state index < -0.39 is 21.7 Å². The van der Waals surface area contributed by atoms with E-state index >= 15 is 0 Å². The van der Waals surface area contributed by atoms with Gasteiger partial charge in [0.1, 0.15) is 5.82 Å². The summed E-state index contributed by atoms with van der Waals surface area (Å²) in [6.07, 6.45) is 0.385. The molecule has 1 N–H and O–H groups in total. The summed E-state index contributed by atoms with van der Waals surface area (Å²) in [5.41, 5.74) is 0.951. The highest BCUT2D eigenvalue weighted by molar-refractivity contribution is 7.89. The van der Waals surface area contributed by atoms with Crippen LogP contribution < -0.4 is 10.1 Å². The van der Waals surface area contributed by atoms with E-state index in [1.165, 1.54) is 16.4 Å². The van der Waals surface area contributed by atoms with Crippen LogP contribution >= 0.6 is 0 Å². The van der Waals surface area contributed by atoms with Crippen molar-refractivity contribution in [1.82, 2.24) is 4.31 Å². The molecule has 0 aromatic heterocycles. The van der Waals surface area contributed by atoms with E-state index in [1.807, 2.05) is 0 Å². The lowest BCUT2D eigenvalue weighted by Crippen LogP contribution is -2.40. The minimum absolute atomic E-state index is 0.0700. The van der Waals surface area contributed by atoms with Gasteiger partial charge in [-0.15, -0.1) is 0 Å². The number of rotatable bonds is 8. The molecule has 3 rings (SSSR count). The molecule has 1 amide bonds. The summed E-state index contributed by atoms with van der Waals surface area (Å²) in [6, 6.07) is 7.72. The van der Waals surface area contributed by atoms with Crippen molar-refractivity contribution in [3.8, 4) is 5.75 Å². The molecule has 2 aromatic rings. The fourth-order valence-corrected chi connectivity index (χ4v) is 4.77. The molecule has 0 aliphatic carbocycles. The maximum atomic E-state index is 13.5. The predicted molar refractivity (Wildman–Crippen MR) is 110 cm³/mol. The SMILES string of the molecule is Cc1ccc(NC(=O)CCCOc2ccc(F)cc2F)cc1S(=O)(=O)N1CCOCC1. The number of halogens is 2. The van der Waals surface area contributed by atoms with Crippen molar-refractivity contribution in [2.45, 2.75) is 24.7 Å². The van der Waals surface area contributed by atoms with Crippen molar-refractivity contribution in [1.29, 1.82) is 0 Å². The van der Waals surface area contributed by atoms with Crippen molar-refractivity contribution in [3.05, 3.63) is 53.6 Å². The average molecular weight is 454 g/mol. The highest BCUT2D eigenvalue weighted by Crippen LogP contribution is 2.24. The molecule has 1 fully saturated rings. The monoisotopic (exact) mass is 454 g/mol. The minimum atomic E-state index is -3.69. The Morgan fingerprint density at radius 2 is 1.90 bits per heavy atom. The number of amides is 1. The van der Waals surface area contributed by atoms with E-state index in [9.17, 15) is 22.0 Å². The number of morpholine rings is 1. The normalized spacial score (nSPS) is 14.9. The summed E-state index contributed by atoms with van der Waals surface area (Å²) in [5, 5.41) is 2.68. The average Bonchev–Trinajstić information content (AvgIpc) is 2.74. The molecular weight excluding hydrogens is 430 g/mol. The van der Waals surface area contributed by atoms with Crippen LogP contribution in [0.5, 0.6) is 5.75 Å². The van der Waals surface area contributed by atoms with Gasteiger partial charge in [0.05, 0.1) is 24.7 Å². The zero-order chi connectivity index (χ0) is 22.4. The molecule has 168 valence electrons. The molecule has 2 aromatic carbocycles. The highest BCUT2D eigenvalue weighted by Gasteiger charge is 2.28. The Morgan fingerprint density at radius 3 is 2.61 bits per heavy atom. The summed E-state index contributed by atoms with van der Waals surface area (Å²) in [4.78, 5) is 12.4. The first-order valence-corrected chi connectivity index (χ1v) is 11.3. The third kappa shape index (κ3) is 5.99. The van der Waals surface area contributed by atoms with Gasteiger partial charge in [-0.3, -0.25) is 4.79 Å². The van der Waals surface area contributed by atoms with Gasteiger partial charge in [-0.2, -0.15) is 4.31 Å². The van der Waals surface area contributed by atoms with Gasteiger partial charge >= 0.3 is 0 Å². The Bertz CT molecular complexity index is 1040. The number of sulfonamides is 1. The lowest BCUT2D eigenvalue weighted by molar-refractivity contribution is -0.116. The minimum Gasteiger partial charge on any atom is -0.491 e. The van der Waals surface area contributed by atoms with Crippen molar-refractivity contribution in [2.24, 2.45) is 0 Å². The third-order valence-electron chi connectivity index (χ3n) is 4.76. The van der Waals surface area contributed by atoms with Gasteiger partial charge in [0.25, 0.3) is 0 Å². The van der Waals surface area contributed by atoms with Crippen LogP contribution in [0.15, 0.2) is 41.3 Å². The molecule has 0 atom stereocenters. The second-order valence-corrected chi connectivity index (χ2v) is 8.98. The number of carbonyl (C=O) groups is 1. The molecular formula is C21H24F2N2O5S. The summed E-state index contributed by atoms with van der Waals surface area (Å²) in [7, 11) is -3.69. The quantitative estimate of drug-likeness (QED) is 0.620. The highest BCUT2D eigenvalue weighted by atomic mass is 32.2. The predicted octanol–water partition coefficient (Wildman–Crippen LogP) is 3.09. The number of benzene rings is 2. The van der Waals surface area contributed by atoms with Crippen LogP contribution in [-0.4, -0.2) is 51.5 Å². The van der Waals surface area contributed by atoms with E-state index in [1.54, 1.807) is 19.1 Å². The Morgan fingerprint density at radius 1 is 1.16 bits per heavy atom. The van der Waals surface area contributed by atoms with Gasteiger partial charge in [-0.25, -0.2) is 17.2 Å². The lowest BCUT2D eigenvalue weighted by atomic mass is 10.2. The molecule has 0 radical (unpaired) electrons. The van der Waals surface area contributed by atoms with Crippen molar-refractivity contribution in [3.63, 3.8) is 0 Å². The first-order chi connectivity index (χ1) is 14.8. The second-order valence-electron chi connectivity index (χ2n) is 7.07. The van der Waals surface area contributed by atoms with Gasteiger partial charge in [0.2, 0.25) is 15.9 Å². The summed E-state index contributed by atoms with van der Waals surface area (Å²) >= 11 is 0. The van der Waals surface area contributed by atoms with E-state index in [0.29, 0.717) is 30.9 Å². The zero-order valence-corrected chi connectivity index (χ0v) is 17.9. The molecule has 0 spiro atoms. The summed E-state index contributed by atoms with van der Waals surface area (Å²) < 4.78 is 64.1. The van der Waals surface area contributed by atoms with Crippen molar-refractivity contribution in [2.75, 3.05) is 38.2 Å². The van der Waals surface area contributed by atoms with E-state index in [-0.39, 0.29) is 42.7 Å². The largest absolute Gasteiger partial charge is 0.491 e. The van der Waals surface area contributed by atoms with Crippen LogP contribution in [0.2, 0.25) is 0 Å². The molecule has 0 saturated carbocycles. The Labute approximate surface area is 180 Å². The molecule has 10 heteroatoms. The number of hydrogen-bond acceptors (Lipinski definition) is 5. The number of ether oxygens (including phenoxy) is 2. The molecule has 1 aliphatic rings.